The molecule has 86 valence electrons. The van der Waals surface area contributed by atoms with E-state index in [1.54, 1.807) is 0 Å². The molecule has 0 aliphatic heterocycles. The van der Waals surface area contributed by atoms with Gasteiger partial charge in [0, 0.05) is 32.5 Å². The summed E-state index contributed by atoms with van der Waals surface area (Å²) in [6, 6.07) is 0.233. The Morgan fingerprint density at radius 1 is 1.53 bits per heavy atom. The van der Waals surface area contributed by atoms with Crippen molar-refractivity contribution in [2.24, 2.45) is 12.8 Å². The average Bonchev–Trinajstić information content (AvgIpc) is 2.62. The molecule has 0 bridgehead atoms. The first-order chi connectivity index (χ1) is 7.22. The zero-order valence-corrected chi connectivity index (χ0v) is 9.65. The van der Waals surface area contributed by atoms with Crippen molar-refractivity contribution < 1.29 is 4.74 Å². The van der Waals surface area contributed by atoms with Gasteiger partial charge in [-0.1, -0.05) is 0 Å². The SMILES string of the molecule is CCOCCC(N)CCc1cnn(C)c1. The lowest BCUT2D eigenvalue weighted by Crippen LogP contribution is -2.22. The number of nitrogens with two attached hydrogens (primary N) is 1. The molecule has 2 N–H and O–H groups in total. The van der Waals surface area contributed by atoms with E-state index in [0.717, 1.165) is 32.5 Å². The summed E-state index contributed by atoms with van der Waals surface area (Å²) in [6.45, 7) is 3.54. The Balaban J connectivity index is 2.13. The molecule has 0 amide bonds. The maximum atomic E-state index is 5.96. The van der Waals surface area contributed by atoms with Crippen LogP contribution >= 0.6 is 0 Å². The molecule has 4 nitrogen and oxygen atoms in total. The topological polar surface area (TPSA) is 53.1 Å². The van der Waals surface area contributed by atoms with Gasteiger partial charge < -0.3 is 10.5 Å². The Hall–Kier alpha value is -0.870. The molecule has 1 heterocycles. The van der Waals surface area contributed by atoms with Gasteiger partial charge in [0.25, 0.3) is 0 Å². The van der Waals surface area contributed by atoms with Gasteiger partial charge in [0.1, 0.15) is 0 Å². The molecule has 0 aliphatic rings. The van der Waals surface area contributed by atoms with Gasteiger partial charge in [0.15, 0.2) is 0 Å². The number of nitrogens with zero attached hydrogens (tertiary/aromatic N) is 2. The monoisotopic (exact) mass is 211 g/mol. The third kappa shape index (κ3) is 4.95. The highest BCUT2D eigenvalue weighted by Crippen LogP contribution is 2.04. The predicted octanol–water partition coefficient (Wildman–Crippen LogP) is 1.11. The van der Waals surface area contributed by atoms with Crippen molar-refractivity contribution in [3.05, 3.63) is 18.0 Å². The van der Waals surface area contributed by atoms with Crippen molar-refractivity contribution in [3.63, 3.8) is 0 Å². The van der Waals surface area contributed by atoms with Crippen LogP contribution in [0.3, 0.4) is 0 Å². The van der Waals surface area contributed by atoms with Crippen molar-refractivity contribution >= 4 is 0 Å². The molecule has 1 atom stereocenters. The molecule has 0 fully saturated rings. The largest absolute Gasteiger partial charge is 0.382 e. The number of ether oxygens (including phenoxy) is 1. The standard InChI is InChI=1S/C11H21N3O/c1-3-15-7-6-11(12)5-4-10-8-13-14(2)9-10/h8-9,11H,3-7,12H2,1-2H3. The summed E-state index contributed by atoms with van der Waals surface area (Å²) in [6.07, 6.45) is 6.87. The van der Waals surface area contributed by atoms with E-state index in [2.05, 4.69) is 5.10 Å². The van der Waals surface area contributed by atoms with Crippen LogP contribution in [-0.4, -0.2) is 29.0 Å². The summed E-state index contributed by atoms with van der Waals surface area (Å²) < 4.78 is 7.08. The quantitative estimate of drug-likeness (QED) is 0.687. The fraction of sp³-hybridized carbons (Fsp3) is 0.727. The van der Waals surface area contributed by atoms with Gasteiger partial charge in [0.05, 0.1) is 6.20 Å². The van der Waals surface area contributed by atoms with Gasteiger partial charge in [-0.05, 0) is 31.7 Å². The summed E-state index contributed by atoms with van der Waals surface area (Å²) in [7, 11) is 1.93. The molecule has 0 aromatic carbocycles. The predicted molar refractivity (Wildman–Crippen MR) is 60.6 cm³/mol. The molecule has 0 saturated carbocycles. The summed E-state index contributed by atoms with van der Waals surface area (Å²) in [5.74, 6) is 0. The highest BCUT2D eigenvalue weighted by Gasteiger charge is 2.04. The molecule has 0 radical (unpaired) electrons. The molecule has 1 rings (SSSR count). The van der Waals surface area contributed by atoms with Crippen molar-refractivity contribution in [1.29, 1.82) is 0 Å². The van der Waals surface area contributed by atoms with E-state index in [9.17, 15) is 0 Å². The van der Waals surface area contributed by atoms with Crippen molar-refractivity contribution in [2.45, 2.75) is 32.2 Å². The molecule has 0 aliphatic carbocycles. The Kier molecular flexibility index (Phi) is 5.36. The second kappa shape index (κ2) is 6.58. The van der Waals surface area contributed by atoms with Crippen LogP contribution in [0.4, 0.5) is 0 Å². The lowest BCUT2D eigenvalue weighted by Gasteiger charge is -2.10. The average molecular weight is 211 g/mol. The molecule has 15 heavy (non-hydrogen) atoms. The fourth-order valence-corrected chi connectivity index (χ4v) is 1.48. The molecular weight excluding hydrogens is 190 g/mol. The van der Waals surface area contributed by atoms with Gasteiger partial charge >= 0.3 is 0 Å². The molecule has 0 spiro atoms. The highest BCUT2D eigenvalue weighted by atomic mass is 16.5. The smallest absolute Gasteiger partial charge is 0.0521 e. The zero-order valence-electron chi connectivity index (χ0n) is 9.65. The van der Waals surface area contributed by atoms with Crippen molar-refractivity contribution in [2.75, 3.05) is 13.2 Å². The van der Waals surface area contributed by atoms with E-state index >= 15 is 0 Å². The maximum absolute atomic E-state index is 5.96. The third-order valence-electron chi connectivity index (χ3n) is 2.40. The van der Waals surface area contributed by atoms with Gasteiger partial charge in [0.2, 0.25) is 0 Å². The second-order valence-electron chi connectivity index (χ2n) is 3.81. The summed E-state index contributed by atoms with van der Waals surface area (Å²) in [5, 5.41) is 4.12. The molecule has 0 saturated heterocycles. The molecule has 4 heteroatoms. The number of aryl methyl sites for hydroxylation is 2. The fourth-order valence-electron chi connectivity index (χ4n) is 1.48. The van der Waals surface area contributed by atoms with E-state index in [0.29, 0.717) is 0 Å². The summed E-state index contributed by atoms with van der Waals surface area (Å²) in [5.41, 5.74) is 7.22. The van der Waals surface area contributed by atoms with Crippen LogP contribution < -0.4 is 5.73 Å². The van der Waals surface area contributed by atoms with E-state index in [-0.39, 0.29) is 6.04 Å². The minimum absolute atomic E-state index is 0.233. The van der Waals surface area contributed by atoms with Gasteiger partial charge in [-0.2, -0.15) is 5.10 Å². The number of rotatable bonds is 7. The normalized spacial score (nSPS) is 13.0. The van der Waals surface area contributed by atoms with Crippen LogP contribution in [0.15, 0.2) is 12.4 Å². The van der Waals surface area contributed by atoms with Gasteiger partial charge in [-0.15, -0.1) is 0 Å². The van der Waals surface area contributed by atoms with E-state index in [1.807, 2.05) is 31.0 Å². The number of hydrogen-bond donors (Lipinski definition) is 1. The van der Waals surface area contributed by atoms with Crippen LogP contribution in [0.2, 0.25) is 0 Å². The first-order valence-corrected chi connectivity index (χ1v) is 5.53. The molecule has 1 aromatic rings. The second-order valence-corrected chi connectivity index (χ2v) is 3.81. The third-order valence-corrected chi connectivity index (χ3v) is 2.40. The molecule has 1 unspecified atom stereocenters. The zero-order chi connectivity index (χ0) is 11.1. The number of aromatic nitrogens is 2. The first-order valence-electron chi connectivity index (χ1n) is 5.53. The van der Waals surface area contributed by atoms with Crippen LogP contribution in [0.5, 0.6) is 0 Å². The Morgan fingerprint density at radius 2 is 2.33 bits per heavy atom. The van der Waals surface area contributed by atoms with E-state index < -0.39 is 0 Å². The molecule has 1 aromatic heterocycles. The van der Waals surface area contributed by atoms with Crippen LogP contribution in [0, 0.1) is 0 Å². The van der Waals surface area contributed by atoms with Crippen LogP contribution in [0.1, 0.15) is 25.3 Å². The summed E-state index contributed by atoms with van der Waals surface area (Å²) in [4.78, 5) is 0. The number of hydrogen-bond acceptors (Lipinski definition) is 3. The minimum atomic E-state index is 0.233. The highest BCUT2D eigenvalue weighted by molar-refractivity contribution is 5.03. The molecular formula is C11H21N3O. The van der Waals surface area contributed by atoms with Crippen molar-refractivity contribution in [1.82, 2.24) is 9.78 Å². The van der Waals surface area contributed by atoms with E-state index in [4.69, 9.17) is 10.5 Å². The first kappa shape index (κ1) is 12.2. The van der Waals surface area contributed by atoms with Crippen LogP contribution in [-0.2, 0) is 18.2 Å². The van der Waals surface area contributed by atoms with Gasteiger partial charge in [-0.3, -0.25) is 4.68 Å². The Labute approximate surface area is 91.4 Å². The Morgan fingerprint density at radius 3 is 2.93 bits per heavy atom. The lowest BCUT2D eigenvalue weighted by molar-refractivity contribution is 0.139. The maximum Gasteiger partial charge on any atom is 0.0521 e. The van der Waals surface area contributed by atoms with E-state index in [1.165, 1.54) is 5.56 Å². The Bertz CT molecular complexity index is 273. The van der Waals surface area contributed by atoms with Gasteiger partial charge in [-0.25, -0.2) is 0 Å². The van der Waals surface area contributed by atoms with Crippen LogP contribution in [0.25, 0.3) is 0 Å². The lowest BCUT2D eigenvalue weighted by atomic mass is 10.1. The summed E-state index contributed by atoms with van der Waals surface area (Å²) >= 11 is 0. The van der Waals surface area contributed by atoms with Crippen molar-refractivity contribution in [3.8, 4) is 0 Å². The minimum Gasteiger partial charge on any atom is -0.382 e.